The molecule has 7 heteroatoms. The SMILES string of the molecule is Cc1ccc(SCC(=O)N/N=C\c2cc(C)n(-c3cccc(Cl)c3Cl)c2C)cc1. The maximum absolute atomic E-state index is 12.1. The third kappa shape index (κ3) is 5.24. The van der Waals surface area contributed by atoms with Crippen molar-refractivity contribution >= 4 is 47.1 Å². The summed E-state index contributed by atoms with van der Waals surface area (Å²) in [4.78, 5) is 13.1. The van der Waals surface area contributed by atoms with Gasteiger partial charge in [0.2, 0.25) is 5.91 Å². The number of amides is 1. The lowest BCUT2D eigenvalue weighted by Crippen LogP contribution is -2.19. The molecule has 0 spiro atoms. The first-order valence-corrected chi connectivity index (χ1v) is 10.8. The second kappa shape index (κ2) is 9.53. The number of carbonyl (C=O) groups is 1. The van der Waals surface area contributed by atoms with E-state index in [0.29, 0.717) is 15.8 Å². The van der Waals surface area contributed by atoms with E-state index in [1.54, 1.807) is 12.3 Å². The first-order valence-electron chi connectivity index (χ1n) is 9.01. The van der Waals surface area contributed by atoms with Crippen LogP contribution in [0.15, 0.2) is 58.5 Å². The summed E-state index contributed by atoms with van der Waals surface area (Å²) >= 11 is 14.0. The maximum atomic E-state index is 12.1. The normalized spacial score (nSPS) is 11.2. The lowest BCUT2D eigenvalue weighted by molar-refractivity contribution is -0.118. The van der Waals surface area contributed by atoms with Crippen molar-refractivity contribution in [3.05, 3.63) is 81.1 Å². The molecule has 1 N–H and O–H groups in total. The first-order chi connectivity index (χ1) is 13.9. The molecule has 0 aliphatic carbocycles. The van der Waals surface area contributed by atoms with Crippen molar-refractivity contribution in [3.8, 4) is 5.69 Å². The van der Waals surface area contributed by atoms with Gasteiger partial charge in [0.1, 0.15) is 0 Å². The molecule has 2 aromatic carbocycles. The Bertz CT molecular complexity index is 1060. The smallest absolute Gasteiger partial charge is 0.250 e. The van der Waals surface area contributed by atoms with Gasteiger partial charge in [-0.15, -0.1) is 11.8 Å². The molecule has 1 amide bonds. The molecule has 0 bridgehead atoms. The van der Waals surface area contributed by atoms with Crippen molar-refractivity contribution in [2.45, 2.75) is 25.7 Å². The minimum Gasteiger partial charge on any atom is -0.316 e. The summed E-state index contributed by atoms with van der Waals surface area (Å²) in [5.74, 6) is 0.149. The molecule has 1 heterocycles. The van der Waals surface area contributed by atoms with E-state index in [9.17, 15) is 4.79 Å². The molecular weight excluding hydrogens is 425 g/mol. The van der Waals surface area contributed by atoms with Gasteiger partial charge in [-0.1, -0.05) is 47.0 Å². The van der Waals surface area contributed by atoms with Crippen LogP contribution in [0, 0.1) is 20.8 Å². The van der Waals surface area contributed by atoms with Crippen LogP contribution in [0.1, 0.15) is 22.5 Å². The van der Waals surface area contributed by atoms with Crippen molar-refractivity contribution in [2.24, 2.45) is 5.10 Å². The Morgan fingerprint density at radius 2 is 1.86 bits per heavy atom. The fourth-order valence-electron chi connectivity index (χ4n) is 2.94. The quantitative estimate of drug-likeness (QED) is 0.289. The molecule has 0 atom stereocenters. The average molecular weight is 446 g/mol. The number of hydrazone groups is 1. The van der Waals surface area contributed by atoms with Crippen LogP contribution in [0.4, 0.5) is 0 Å². The lowest BCUT2D eigenvalue weighted by atomic mass is 10.2. The van der Waals surface area contributed by atoms with Gasteiger partial charge < -0.3 is 4.57 Å². The number of nitrogens with one attached hydrogen (secondary N) is 1. The summed E-state index contributed by atoms with van der Waals surface area (Å²) in [6.45, 7) is 5.99. The summed E-state index contributed by atoms with van der Waals surface area (Å²) in [6, 6.07) is 15.6. The molecule has 0 aliphatic rings. The number of thioether (sulfide) groups is 1. The predicted molar refractivity (Wildman–Crippen MR) is 123 cm³/mol. The number of halogens is 2. The Morgan fingerprint density at radius 1 is 1.14 bits per heavy atom. The van der Waals surface area contributed by atoms with Gasteiger partial charge in [-0.05, 0) is 51.1 Å². The van der Waals surface area contributed by atoms with E-state index in [0.717, 1.165) is 27.5 Å². The van der Waals surface area contributed by atoms with Gasteiger partial charge in [0, 0.05) is 21.8 Å². The van der Waals surface area contributed by atoms with Crippen LogP contribution in [-0.4, -0.2) is 22.4 Å². The summed E-state index contributed by atoms with van der Waals surface area (Å²) in [5, 5.41) is 5.11. The molecule has 0 unspecified atom stereocenters. The van der Waals surface area contributed by atoms with E-state index in [2.05, 4.69) is 10.5 Å². The van der Waals surface area contributed by atoms with Crippen LogP contribution in [0.5, 0.6) is 0 Å². The second-order valence-electron chi connectivity index (χ2n) is 6.63. The van der Waals surface area contributed by atoms with Crippen LogP contribution in [0.2, 0.25) is 10.0 Å². The monoisotopic (exact) mass is 445 g/mol. The number of aromatic nitrogens is 1. The first kappa shape index (κ1) is 21.5. The van der Waals surface area contributed by atoms with Crippen molar-refractivity contribution < 1.29 is 4.79 Å². The zero-order valence-corrected chi connectivity index (χ0v) is 18.7. The molecule has 0 aliphatic heterocycles. The van der Waals surface area contributed by atoms with Gasteiger partial charge in [-0.25, -0.2) is 5.43 Å². The molecule has 0 radical (unpaired) electrons. The van der Waals surface area contributed by atoms with Crippen molar-refractivity contribution in [1.82, 2.24) is 9.99 Å². The van der Waals surface area contributed by atoms with Crippen molar-refractivity contribution in [2.75, 3.05) is 5.75 Å². The number of aryl methyl sites for hydroxylation is 2. The Labute approximate surface area is 184 Å². The molecular formula is C22H21Cl2N3OS. The third-order valence-corrected chi connectivity index (χ3v) is 6.25. The Hall–Kier alpha value is -2.21. The topological polar surface area (TPSA) is 46.4 Å². The Balaban J connectivity index is 1.66. The molecule has 1 aromatic heterocycles. The number of rotatable bonds is 6. The van der Waals surface area contributed by atoms with Gasteiger partial charge in [0.05, 0.1) is 27.7 Å². The number of hydrogen-bond acceptors (Lipinski definition) is 3. The van der Waals surface area contributed by atoms with Crippen LogP contribution >= 0.6 is 35.0 Å². The van der Waals surface area contributed by atoms with E-state index < -0.39 is 0 Å². The highest BCUT2D eigenvalue weighted by molar-refractivity contribution is 8.00. The Kier molecular flexibility index (Phi) is 7.06. The van der Waals surface area contributed by atoms with E-state index in [1.807, 2.05) is 67.8 Å². The van der Waals surface area contributed by atoms with Crippen molar-refractivity contribution in [3.63, 3.8) is 0 Å². The van der Waals surface area contributed by atoms with Crippen LogP contribution < -0.4 is 5.43 Å². The second-order valence-corrected chi connectivity index (χ2v) is 8.46. The van der Waals surface area contributed by atoms with Gasteiger partial charge in [0.25, 0.3) is 0 Å². The summed E-state index contributed by atoms with van der Waals surface area (Å²) < 4.78 is 2.02. The maximum Gasteiger partial charge on any atom is 0.250 e. The highest BCUT2D eigenvalue weighted by Gasteiger charge is 2.13. The molecule has 0 fully saturated rings. The number of benzene rings is 2. The molecule has 0 saturated carbocycles. The van der Waals surface area contributed by atoms with Crippen LogP contribution in [0.25, 0.3) is 5.69 Å². The number of carbonyl (C=O) groups excluding carboxylic acids is 1. The average Bonchev–Trinajstić information content (AvgIpc) is 2.97. The highest BCUT2D eigenvalue weighted by Crippen LogP contribution is 2.31. The Morgan fingerprint density at radius 3 is 2.59 bits per heavy atom. The predicted octanol–water partition coefficient (Wildman–Crippen LogP) is 5.95. The van der Waals surface area contributed by atoms with Gasteiger partial charge in [-0.3, -0.25) is 4.79 Å². The van der Waals surface area contributed by atoms with E-state index in [-0.39, 0.29) is 5.91 Å². The third-order valence-electron chi connectivity index (χ3n) is 4.43. The molecule has 150 valence electrons. The number of nitrogens with zero attached hydrogens (tertiary/aromatic N) is 2. The van der Waals surface area contributed by atoms with E-state index in [4.69, 9.17) is 23.2 Å². The fourth-order valence-corrected chi connectivity index (χ4v) is 4.01. The summed E-state index contributed by atoms with van der Waals surface area (Å²) in [5.41, 5.74) is 7.43. The van der Waals surface area contributed by atoms with Crippen LogP contribution in [-0.2, 0) is 4.79 Å². The van der Waals surface area contributed by atoms with Gasteiger partial charge >= 0.3 is 0 Å². The molecule has 29 heavy (non-hydrogen) atoms. The standard InChI is InChI=1S/C22H21Cl2N3OS/c1-14-7-9-18(10-8-14)29-13-21(28)26-25-12-17-11-15(2)27(16(17)3)20-6-4-5-19(23)22(20)24/h4-12H,13H2,1-3H3,(H,26,28)/b25-12-. The summed E-state index contributed by atoms with van der Waals surface area (Å²) in [7, 11) is 0. The zero-order chi connectivity index (χ0) is 21.0. The van der Waals surface area contributed by atoms with Gasteiger partial charge in [-0.2, -0.15) is 5.10 Å². The lowest BCUT2D eigenvalue weighted by Gasteiger charge is -2.12. The minimum absolute atomic E-state index is 0.154. The van der Waals surface area contributed by atoms with Gasteiger partial charge in [0.15, 0.2) is 0 Å². The van der Waals surface area contributed by atoms with Crippen LogP contribution in [0.3, 0.4) is 0 Å². The molecule has 3 aromatic rings. The minimum atomic E-state index is -0.154. The molecule has 3 rings (SSSR count). The zero-order valence-electron chi connectivity index (χ0n) is 16.4. The largest absolute Gasteiger partial charge is 0.316 e. The summed E-state index contributed by atoms with van der Waals surface area (Å²) in [6.07, 6.45) is 1.64. The van der Waals surface area contributed by atoms with Crippen molar-refractivity contribution in [1.29, 1.82) is 0 Å². The number of hydrogen-bond donors (Lipinski definition) is 1. The van der Waals surface area contributed by atoms with E-state index >= 15 is 0 Å². The fraction of sp³-hybridized carbons (Fsp3) is 0.182. The highest BCUT2D eigenvalue weighted by atomic mass is 35.5. The molecule has 0 saturated heterocycles. The molecule has 4 nitrogen and oxygen atoms in total. The van der Waals surface area contributed by atoms with E-state index in [1.165, 1.54) is 17.3 Å².